The molecule has 7 heteroatoms. The van der Waals surface area contributed by atoms with Crippen LogP contribution in [0.25, 0.3) is 11.5 Å². The first-order valence-corrected chi connectivity index (χ1v) is 4.01. The molecule has 0 fully saturated rings. The molecular weight excluding hydrogens is 198 g/mol. The zero-order valence-corrected chi connectivity index (χ0v) is 7.54. The predicted octanol–water partition coefficient (Wildman–Crippen LogP) is -0.187. The number of amides is 1. The van der Waals surface area contributed by atoms with Gasteiger partial charge in [0.1, 0.15) is 0 Å². The molecule has 2 aromatic rings. The van der Waals surface area contributed by atoms with E-state index in [9.17, 15) is 4.79 Å². The Kier molecular flexibility index (Phi) is 2.05. The third-order valence-corrected chi connectivity index (χ3v) is 1.65. The summed E-state index contributed by atoms with van der Waals surface area (Å²) in [5, 5.41) is 3.39. The number of hydrogen-bond donors (Lipinski definition) is 2. The van der Waals surface area contributed by atoms with Gasteiger partial charge in [-0.1, -0.05) is 5.16 Å². The molecular formula is C8H7N5O2. The number of nitrogens with zero attached hydrogens (tertiary/aromatic N) is 3. The molecule has 7 nitrogen and oxygen atoms in total. The zero-order valence-electron chi connectivity index (χ0n) is 7.54. The van der Waals surface area contributed by atoms with Crippen LogP contribution in [0.4, 0.5) is 5.69 Å². The summed E-state index contributed by atoms with van der Waals surface area (Å²) in [6.07, 6.45) is 2.98. The lowest BCUT2D eigenvalue weighted by Crippen LogP contribution is -2.12. The van der Waals surface area contributed by atoms with Crippen molar-refractivity contribution >= 4 is 11.6 Å². The number of rotatable bonds is 2. The molecule has 0 atom stereocenters. The van der Waals surface area contributed by atoms with Gasteiger partial charge in [0.2, 0.25) is 0 Å². The Bertz CT molecular complexity index is 507. The number of nitrogen functional groups attached to an aromatic ring is 1. The van der Waals surface area contributed by atoms with E-state index in [-0.39, 0.29) is 11.7 Å². The highest BCUT2D eigenvalue weighted by molar-refractivity contribution is 5.89. The molecule has 0 spiro atoms. The number of carbonyl (C=O) groups is 1. The lowest BCUT2D eigenvalue weighted by Gasteiger charge is -1.94. The minimum absolute atomic E-state index is 0.156. The fourth-order valence-electron chi connectivity index (χ4n) is 1.02. The van der Waals surface area contributed by atoms with Gasteiger partial charge in [0, 0.05) is 12.4 Å². The number of pyridine rings is 1. The Morgan fingerprint density at radius 3 is 2.80 bits per heavy atom. The Morgan fingerprint density at radius 2 is 2.20 bits per heavy atom. The highest BCUT2D eigenvalue weighted by atomic mass is 16.5. The van der Waals surface area contributed by atoms with E-state index in [0.717, 1.165) is 0 Å². The smallest absolute Gasteiger partial charge is 0.290 e. The SMILES string of the molecule is NC(=O)c1noc(-c2cncc(N)c2)n1. The number of nitrogens with two attached hydrogens (primary N) is 2. The molecule has 4 N–H and O–H groups in total. The van der Waals surface area contributed by atoms with Crippen molar-refractivity contribution in [2.24, 2.45) is 5.73 Å². The number of carbonyl (C=O) groups excluding carboxylic acids is 1. The first-order valence-electron chi connectivity index (χ1n) is 4.01. The van der Waals surface area contributed by atoms with Gasteiger partial charge in [0.05, 0.1) is 11.3 Å². The van der Waals surface area contributed by atoms with Gasteiger partial charge in [-0.05, 0) is 6.07 Å². The number of primary amides is 1. The average molecular weight is 205 g/mol. The molecule has 1 amide bonds. The lowest BCUT2D eigenvalue weighted by molar-refractivity contribution is 0.0987. The van der Waals surface area contributed by atoms with Gasteiger partial charge in [-0.15, -0.1) is 0 Å². The summed E-state index contributed by atoms with van der Waals surface area (Å²) in [6, 6.07) is 1.60. The summed E-state index contributed by atoms with van der Waals surface area (Å²) in [6.45, 7) is 0. The van der Waals surface area contributed by atoms with Crippen molar-refractivity contribution in [3.05, 3.63) is 24.3 Å². The van der Waals surface area contributed by atoms with Crippen LogP contribution in [-0.2, 0) is 0 Å². The van der Waals surface area contributed by atoms with Crippen LogP contribution in [0.3, 0.4) is 0 Å². The molecule has 15 heavy (non-hydrogen) atoms. The number of anilines is 1. The molecule has 0 saturated heterocycles. The topological polar surface area (TPSA) is 121 Å². The lowest BCUT2D eigenvalue weighted by atomic mass is 10.2. The van der Waals surface area contributed by atoms with Gasteiger partial charge in [-0.3, -0.25) is 9.78 Å². The van der Waals surface area contributed by atoms with Crippen LogP contribution in [0.1, 0.15) is 10.6 Å². The van der Waals surface area contributed by atoms with E-state index >= 15 is 0 Å². The third-order valence-electron chi connectivity index (χ3n) is 1.65. The third kappa shape index (κ3) is 1.75. The molecule has 2 rings (SSSR count). The van der Waals surface area contributed by atoms with E-state index in [0.29, 0.717) is 11.3 Å². The second-order valence-electron chi connectivity index (χ2n) is 2.79. The highest BCUT2D eigenvalue weighted by Crippen LogP contribution is 2.17. The first-order chi connectivity index (χ1) is 7.16. The molecule has 0 aromatic carbocycles. The number of hydrogen-bond acceptors (Lipinski definition) is 6. The van der Waals surface area contributed by atoms with Crippen LogP contribution in [0.15, 0.2) is 23.0 Å². The second kappa shape index (κ2) is 3.37. The Hall–Kier alpha value is -2.44. The molecule has 0 aliphatic heterocycles. The van der Waals surface area contributed by atoms with Crippen LogP contribution in [0.2, 0.25) is 0 Å². The summed E-state index contributed by atoms with van der Waals surface area (Å²) in [5.74, 6) is -0.766. The van der Waals surface area contributed by atoms with E-state index in [1.807, 2.05) is 0 Å². The van der Waals surface area contributed by atoms with Crippen LogP contribution in [0, 0.1) is 0 Å². The highest BCUT2D eigenvalue weighted by Gasteiger charge is 2.12. The molecule has 0 unspecified atom stereocenters. The molecule has 0 bridgehead atoms. The van der Waals surface area contributed by atoms with Gasteiger partial charge in [-0.2, -0.15) is 4.98 Å². The monoisotopic (exact) mass is 205 g/mol. The number of aromatic nitrogens is 3. The molecule has 0 saturated carbocycles. The van der Waals surface area contributed by atoms with Crippen molar-refractivity contribution in [3.8, 4) is 11.5 Å². The first kappa shape index (κ1) is 9.13. The maximum atomic E-state index is 10.7. The van der Waals surface area contributed by atoms with Gasteiger partial charge < -0.3 is 16.0 Å². The summed E-state index contributed by atoms with van der Waals surface area (Å²) >= 11 is 0. The van der Waals surface area contributed by atoms with Gasteiger partial charge in [0.25, 0.3) is 17.6 Å². The summed E-state index contributed by atoms with van der Waals surface area (Å²) < 4.78 is 4.81. The van der Waals surface area contributed by atoms with E-state index < -0.39 is 5.91 Å². The molecule has 2 heterocycles. The fourth-order valence-corrected chi connectivity index (χ4v) is 1.02. The molecule has 0 aliphatic carbocycles. The van der Waals surface area contributed by atoms with E-state index in [1.165, 1.54) is 12.4 Å². The second-order valence-corrected chi connectivity index (χ2v) is 2.79. The van der Waals surface area contributed by atoms with Crippen molar-refractivity contribution in [1.29, 1.82) is 0 Å². The zero-order chi connectivity index (χ0) is 10.8. The molecule has 0 aliphatic rings. The summed E-state index contributed by atoms with van der Waals surface area (Å²) in [5.41, 5.74) is 11.5. The molecule has 2 aromatic heterocycles. The van der Waals surface area contributed by atoms with Crippen LogP contribution in [0.5, 0.6) is 0 Å². The van der Waals surface area contributed by atoms with Gasteiger partial charge >= 0.3 is 0 Å². The van der Waals surface area contributed by atoms with Crippen molar-refractivity contribution < 1.29 is 9.32 Å². The molecule has 76 valence electrons. The van der Waals surface area contributed by atoms with E-state index in [1.54, 1.807) is 6.07 Å². The predicted molar refractivity (Wildman–Crippen MR) is 50.5 cm³/mol. The Labute approximate surface area is 84.1 Å². The maximum Gasteiger partial charge on any atom is 0.290 e. The standard InChI is InChI=1S/C8H7N5O2/c9-5-1-4(2-11-3-5)8-12-7(6(10)14)13-15-8/h1-3H,9H2,(H2,10,14). The van der Waals surface area contributed by atoms with Crippen LogP contribution in [-0.4, -0.2) is 21.0 Å². The van der Waals surface area contributed by atoms with Crippen molar-refractivity contribution in [1.82, 2.24) is 15.1 Å². The van der Waals surface area contributed by atoms with Gasteiger partial charge in [0.15, 0.2) is 0 Å². The molecule has 0 radical (unpaired) electrons. The fraction of sp³-hybridized carbons (Fsp3) is 0. The Balaban J connectivity index is 2.41. The normalized spacial score (nSPS) is 10.1. The van der Waals surface area contributed by atoms with E-state index in [2.05, 4.69) is 15.1 Å². The van der Waals surface area contributed by atoms with Crippen LogP contribution >= 0.6 is 0 Å². The van der Waals surface area contributed by atoms with Crippen molar-refractivity contribution in [2.75, 3.05) is 5.73 Å². The minimum atomic E-state index is -0.748. The van der Waals surface area contributed by atoms with E-state index in [4.69, 9.17) is 16.0 Å². The summed E-state index contributed by atoms with van der Waals surface area (Å²) in [7, 11) is 0. The van der Waals surface area contributed by atoms with Gasteiger partial charge in [-0.25, -0.2) is 0 Å². The maximum absolute atomic E-state index is 10.7. The summed E-state index contributed by atoms with van der Waals surface area (Å²) in [4.78, 5) is 18.3. The largest absolute Gasteiger partial charge is 0.397 e. The van der Waals surface area contributed by atoms with Crippen molar-refractivity contribution in [2.45, 2.75) is 0 Å². The average Bonchev–Trinajstić information content (AvgIpc) is 2.66. The minimum Gasteiger partial charge on any atom is -0.397 e. The Morgan fingerprint density at radius 1 is 1.40 bits per heavy atom. The van der Waals surface area contributed by atoms with Crippen LogP contribution < -0.4 is 11.5 Å². The quantitative estimate of drug-likeness (QED) is 0.700. The van der Waals surface area contributed by atoms with Crippen molar-refractivity contribution in [3.63, 3.8) is 0 Å².